The van der Waals surface area contributed by atoms with E-state index in [1.54, 1.807) is 6.92 Å². The highest BCUT2D eigenvalue weighted by atomic mass is 35.5. The smallest absolute Gasteiger partial charge is 0.310 e. The topological polar surface area (TPSA) is 81.4 Å². The van der Waals surface area contributed by atoms with Crippen molar-refractivity contribution in [2.45, 2.75) is 51.1 Å². The molecule has 4 atom stereocenters. The normalized spacial score (nSPS) is 29.0. The highest BCUT2D eigenvalue weighted by Crippen LogP contribution is 2.42. The molecule has 0 saturated heterocycles. The second-order valence-electron chi connectivity index (χ2n) is 7.91. The summed E-state index contributed by atoms with van der Waals surface area (Å²) in [6.45, 7) is 1.80. The van der Waals surface area contributed by atoms with Crippen molar-refractivity contribution in [2.24, 2.45) is 29.4 Å². The van der Waals surface area contributed by atoms with Gasteiger partial charge < -0.3 is 15.8 Å². The molecule has 2 fully saturated rings. The molecule has 2 saturated carbocycles. The van der Waals surface area contributed by atoms with Crippen LogP contribution in [0.2, 0.25) is 0 Å². The van der Waals surface area contributed by atoms with E-state index in [2.05, 4.69) is 5.32 Å². The average molecular weight is 395 g/mol. The van der Waals surface area contributed by atoms with Gasteiger partial charge in [0.1, 0.15) is 0 Å². The number of carbonyl (C=O) groups is 2. The van der Waals surface area contributed by atoms with Gasteiger partial charge in [0.2, 0.25) is 5.91 Å². The molecule has 3 rings (SSSR count). The van der Waals surface area contributed by atoms with E-state index in [0.717, 1.165) is 31.2 Å². The molecule has 27 heavy (non-hydrogen) atoms. The fraction of sp³-hybridized carbons (Fsp3) is 0.619. The molecule has 2 aliphatic carbocycles. The zero-order valence-corrected chi connectivity index (χ0v) is 16.9. The molecule has 2 aliphatic rings. The number of rotatable bonds is 5. The Kier molecular flexibility index (Phi) is 7.68. The number of hydrogen-bond acceptors (Lipinski definition) is 4. The summed E-state index contributed by atoms with van der Waals surface area (Å²) in [5, 5.41) is 3.14. The fourth-order valence-electron chi connectivity index (χ4n) is 4.75. The summed E-state index contributed by atoms with van der Waals surface area (Å²) in [5.74, 6) is 0.163. The Morgan fingerprint density at radius 2 is 1.74 bits per heavy atom. The molecule has 6 heteroatoms. The molecule has 4 unspecified atom stereocenters. The standard InChI is InChI=1S/C21H30N2O3.ClH/c1-13(21(25)26-2)19(14-7-4-3-5-8-14)23-20(24)17-11-15-9-6-10-16(12-17)18(15)22;/h3-5,7-8,13,15-19H,6,9-12,22H2,1-2H3,(H,23,24);1H. The van der Waals surface area contributed by atoms with Crippen LogP contribution in [0.4, 0.5) is 0 Å². The number of esters is 1. The van der Waals surface area contributed by atoms with Crippen molar-refractivity contribution in [1.82, 2.24) is 5.32 Å². The van der Waals surface area contributed by atoms with E-state index in [0.29, 0.717) is 11.8 Å². The summed E-state index contributed by atoms with van der Waals surface area (Å²) in [4.78, 5) is 25.1. The molecule has 3 N–H and O–H groups in total. The van der Waals surface area contributed by atoms with Crippen molar-refractivity contribution in [3.63, 3.8) is 0 Å². The Bertz CT molecular complexity index is 626. The summed E-state index contributed by atoms with van der Waals surface area (Å²) >= 11 is 0. The zero-order chi connectivity index (χ0) is 18.7. The van der Waals surface area contributed by atoms with E-state index in [4.69, 9.17) is 10.5 Å². The lowest BCUT2D eigenvalue weighted by Crippen LogP contribution is -2.50. The Morgan fingerprint density at radius 3 is 2.30 bits per heavy atom. The van der Waals surface area contributed by atoms with E-state index >= 15 is 0 Å². The van der Waals surface area contributed by atoms with Crippen molar-refractivity contribution in [3.8, 4) is 0 Å². The van der Waals surface area contributed by atoms with Gasteiger partial charge in [0.05, 0.1) is 19.1 Å². The maximum Gasteiger partial charge on any atom is 0.310 e. The lowest BCUT2D eigenvalue weighted by atomic mass is 9.65. The van der Waals surface area contributed by atoms with Crippen molar-refractivity contribution in [2.75, 3.05) is 7.11 Å². The van der Waals surface area contributed by atoms with Gasteiger partial charge >= 0.3 is 5.97 Å². The van der Waals surface area contributed by atoms with Crippen LogP contribution in [0.1, 0.15) is 50.6 Å². The third-order valence-corrected chi connectivity index (χ3v) is 6.31. The molecule has 0 aromatic heterocycles. The van der Waals surface area contributed by atoms with Gasteiger partial charge in [-0.05, 0) is 50.0 Å². The monoisotopic (exact) mass is 394 g/mol. The molecule has 0 spiro atoms. The minimum absolute atomic E-state index is 0. The molecule has 0 radical (unpaired) electrons. The second kappa shape index (κ2) is 9.56. The largest absolute Gasteiger partial charge is 0.469 e. The molecular weight excluding hydrogens is 364 g/mol. The van der Waals surface area contributed by atoms with Gasteiger partial charge in [-0.3, -0.25) is 9.59 Å². The van der Waals surface area contributed by atoms with Gasteiger partial charge in [-0.1, -0.05) is 36.8 Å². The summed E-state index contributed by atoms with van der Waals surface area (Å²) in [7, 11) is 1.38. The van der Waals surface area contributed by atoms with Crippen molar-refractivity contribution in [3.05, 3.63) is 35.9 Å². The lowest BCUT2D eigenvalue weighted by Gasteiger charge is -2.43. The van der Waals surface area contributed by atoms with Crippen LogP contribution in [0.15, 0.2) is 30.3 Å². The Balaban J connectivity index is 0.00000261. The van der Waals surface area contributed by atoms with Gasteiger partial charge in [0, 0.05) is 12.0 Å². The fourth-order valence-corrected chi connectivity index (χ4v) is 4.75. The Hall–Kier alpha value is -1.59. The number of halogens is 1. The highest BCUT2D eigenvalue weighted by Gasteiger charge is 2.41. The van der Waals surface area contributed by atoms with Gasteiger partial charge in [0.25, 0.3) is 0 Å². The van der Waals surface area contributed by atoms with Gasteiger partial charge in [0.15, 0.2) is 0 Å². The first-order valence-electron chi connectivity index (χ1n) is 9.70. The molecular formula is C21H31ClN2O3. The molecule has 2 bridgehead atoms. The first-order valence-corrected chi connectivity index (χ1v) is 9.70. The number of carbonyl (C=O) groups excluding carboxylic acids is 2. The minimum atomic E-state index is -0.448. The van der Waals surface area contributed by atoms with Gasteiger partial charge in [-0.15, -0.1) is 12.4 Å². The van der Waals surface area contributed by atoms with Gasteiger partial charge in [-0.2, -0.15) is 0 Å². The van der Waals surface area contributed by atoms with E-state index in [-0.39, 0.29) is 42.3 Å². The summed E-state index contributed by atoms with van der Waals surface area (Å²) in [5.41, 5.74) is 7.27. The van der Waals surface area contributed by atoms with Crippen LogP contribution in [0.3, 0.4) is 0 Å². The number of methoxy groups -OCH3 is 1. The number of nitrogens with one attached hydrogen (secondary N) is 1. The van der Waals surface area contributed by atoms with E-state index in [9.17, 15) is 9.59 Å². The first kappa shape index (κ1) is 21.7. The quantitative estimate of drug-likeness (QED) is 0.751. The lowest BCUT2D eigenvalue weighted by molar-refractivity contribution is -0.146. The maximum absolute atomic E-state index is 13.0. The second-order valence-corrected chi connectivity index (χ2v) is 7.91. The van der Waals surface area contributed by atoms with Crippen LogP contribution >= 0.6 is 12.4 Å². The molecule has 150 valence electrons. The van der Waals surface area contributed by atoms with Crippen LogP contribution in [-0.2, 0) is 14.3 Å². The summed E-state index contributed by atoms with van der Waals surface area (Å²) in [6, 6.07) is 9.50. The molecule has 1 aromatic carbocycles. The number of amides is 1. The predicted molar refractivity (Wildman–Crippen MR) is 107 cm³/mol. The van der Waals surface area contributed by atoms with Crippen LogP contribution in [0, 0.1) is 23.7 Å². The van der Waals surface area contributed by atoms with E-state index < -0.39 is 5.92 Å². The molecule has 1 aromatic rings. The summed E-state index contributed by atoms with van der Waals surface area (Å²) in [6.07, 6.45) is 5.20. The number of ether oxygens (including phenoxy) is 1. The molecule has 1 amide bonds. The molecule has 0 aliphatic heterocycles. The maximum atomic E-state index is 13.0. The minimum Gasteiger partial charge on any atom is -0.469 e. The third-order valence-electron chi connectivity index (χ3n) is 6.31. The van der Waals surface area contributed by atoms with Crippen molar-refractivity contribution in [1.29, 1.82) is 0 Å². The predicted octanol–water partition coefficient (Wildman–Crippen LogP) is 3.23. The number of hydrogen-bond donors (Lipinski definition) is 2. The van der Waals surface area contributed by atoms with Crippen molar-refractivity contribution < 1.29 is 14.3 Å². The van der Waals surface area contributed by atoms with Crippen LogP contribution in [-0.4, -0.2) is 25.0 Å². The first-order chi connectivity index (χ1) is 12.5. The highest BCUT2D eigenvalue weighted by molar-refractivity contribution is 5.85. The van der Waals surface area contributed by atoms with E-state index in [1.807, 2.05) is 30.3 Å². The molecule has 0 heterocycles. The zero-order valence-electron chi connectivity index (χ0n) is 16.1. The van der Waals surface area contributed by atoms with Crippen LogP contribution in [0.5, 0.6) is 0 Å². The molecule has 5 nitrogen and oxygen atoms in total. The van der Waals surface area contributed by atoms with Crippen molar-refractivity contribution >= 4 is 24.3 Å². The third kappa shape index (κ3) is 4.82. The Labute approximate surface area is 167 Å². The summed E-state index contributed by atoms with van der Waals surface area (Å²) < 4.78 is 4.91. The number of benzene rings is 1. The van der Waals surface area contributed by atoms with E-state index in [1.165, 1.54) is 13.5 Å². The Morgan fingerprint density at radius 1 is 1.15 bits per heavy atom. The number of fused-ring (bicyclic) bond motifs is 2. The van der Waals surface area contributed by atoms with Crippen LogP contribution < -0.4 is 11.1 Å². The SMILES string of the molecule is COC(=O)C(C)C(NC(=O)C1CC2CCCC(C1)C2N)c1ccccc1.Cl. The van der Waals surface area contributed by atoms with Crippen LogP contribution in [0.25, 0.3) is 0 Å². The average Bonchev–Trinajstić information content (AvgIpc) is 2.65. The number of nitrogens with two attached hydrogens (primary N) is 1. The van der Waals surface area contributed by atoms with Gasteiger partial charge in [-0.25, -0.2) is 0 Å².